The maximum Gasteiger partial charge on any atom is 0.416 e. The molecule has 0 amide bonds. The molecule has 0 fully saturated rings. The molecule has 120 valence electrons. The molecule has 1 aromatic rings. The zero-order valence-electron chi connectivity index (χ0n) is 11.4. The van der Waals surface area contributed by atoms with Crippen LogP contribution in [-0.4, -0.2) is 6.54 Å². The minimum Gasteiger partial charge on any atom is -0.330 e. The first-order chi connectivity index (χ1) is 10.2. The van der Waals surface area contributed by atoms with Gasteiger partial charge in [-0.3, -0.25) is 0 Å². The average Bonchev–Trinajstić information content (AvgIpc) is 2.44. The van der Waals surface area contributed by atoms with Crippen LogP contribution in [0.3, 0.4) is 0 Å². The van der Waals surface area contributed by atoms with Gasteiger partial charge in [-0.05, 0) is 42.6 Å². The molecule has 1 aromatic carbocycles. The first-order valence-electron chi connectivity index (χ1n) is 6.56. The average molecular weight is 371 g/mol. The zero-order chi connectivity index (χ0) is 16.5. The maximum atomic E-state index is 12.9. The molecule has 1 aliphatic rings. The molecule has 1 aliphatic carbocycles. The summed E-state index contributed by atoms with van der Waals surface area (Å²) in [6.07, 6.45) is -1.99. The quantitative estimate of drug-likeness (QED) is 0.746. The summed E-state index contributed by atoms with van der Waals surface area (Å²) in [5, 5.41) is 0.834. The summed E-state index contributed by atoms with van der Waals surface area (Å²) < 4.78 is 38.8. The number of alkyl halides is 3. The highest BCUT2D eigenvalue weighted by Crippen LogP contribution is 2.42. The monoisotopic (exact) mass is 369 g/mol. The lowest BCUT2D eigenvalue weighted by molar-refractivity contribution is -0.137. The molecule has 0 heterocycles. The highest BCUT2D eigenvalue weighted by molar-refractivity contribution is 6.48. The summed E-state index contributed by atoms with van der Waals surface area (Å²) in [5.41, 5.74) is 6.12. The molecule has 1 nitrogen and oxygen atoms in total. The molecule has 0 aliphatic heterocycles. The van der Waals surface area contributed by atoms with Crippen LogP contribution < -0.4 is 5.73 Å². The summed E-state index contributed by atoms with van der Waals surface area (Å²) in [6, 6.07) is 3.66. The van der Waals surface area contributed by atoms with E-state index in [1.54, 1.807) is 6.08 Å². The molecular weight excluding hydrogens is 358 g/mol. The number of rotatable bonds is 3. The van der Waals surface area contributed by atoms with Crippen LogP contribution in [0.15, 0.2) is 39.4 Å². The van der Waals surface area contributed by atoms with Crippen molar-refractivity contribution in [1.82, 2.24) is 0 Å². The van der Waals surface area contributed by atoms with Crippen molar-refractivity contribution >= 4 is 34.8 Å². The number of hydrogen-bond acceptors (Lipinski definition) is 1. The minimum atomic E-state index is -4.41. The summed E-state index contributed by atoms with van der Waals surface area (Å²) in [6.45, 7) is 0.340. The van der Waals surface area contributed by atoms with Crippen molar-refractivity contribution in [2.45, 2.75) is 24.9 Å². The molecule has 1 atom stereocenters. The fourth-order valence-electron chi connectivity index (χ4n) is 2.42. The second-order valence-corrected chi connectivity index (χ2v) is 6.24. The number of hydrogen-bond donors (Lipinski definition) is 1. The van der Waals surface area contributed by atoms with Crippen molar-refractivity contribution in [3.63, 3.8) is 0 Å². The van der Waals surface area contributed by atoms with E-state index in [0.29, 0.717) is 30.0 Å². The van der Waals surface area contributed by atoms with E-state index in [1.165, 1.54) is 6.07 Å². The van der Waals surface area contributed by atoms with E-state index in [-0.39, 0.29) is 16.0 Å². The Kier molecular flexibility index (Phi) is 5.49. The van der Waals surface area contributed by atoms with Gasteiger partial charge >= 0.3 is 6.18 Å². The molecular formula is C15H13Cl3F3N. The van der Waals surface area contributed by atoms with Crippen LogP contribution in [-0.2, 0) is 12.6 Å². The number of nitrogens with two attached hydrogens (primary N) is 1. The van der Waals surface area contributed by atoms with Crippen molar-refractivity contribution in [3.8, 4) is 0 Å². The summed E-state index contributed by atoms with van der Waals surface area (Å²) in [4.78, 5) is 0. The van der Waals surface area contributed by atoms with Crippen molar-refractivity contribution in [1.29, 1.82) is 0 Å². The van der Waals surface area contributed by atoms with Crippen LogP contribution in [0.25, 0.3) is 0 Å². The topological polar surface area (TPSA) is 26.0 Å². The van der Waals surface area contributed by atoms with Crippen LogP contribution in [0.2, 0.25) is 0 Å². The molecule has 1 unspecified atom stereocenters. The van der Waals surface area contributed by atoms with Gasteiger partial charge in [0.05, 0.1) is 15.6 Å². The van der Waals surface area contributed by atoms with Crippen molar-refractivity contribution < 1.29 is 13.2 Å². The van der Waals surface area contributed by atoms with Gasteiger partial charge in [0.25, 0.3) is 0 Å². The first-order valence-corrected chi connectivity index (χ1v) is 7.69. The van der Waals surface area contributed by atoms with Crippen molar-refractivity contribution in [2.24, 2.45) is 5.73 Å². The van der Waals surface area contributed by atoms with Gasteiger partial charge in [0.2, 0.25) is 0 Å². The molecule has 2 rings (SSSR count). The number of halogens is 6. The predicted octanol–water partition coefficient (Wildman–Crippen LogP) is 5.51. The Balaban J connectivity index is 2.49. The van der Waals surface area contributed by atoms with Gasteiger partial charge in [0.15, 0.2) is 0 Å². The molecule has 0 saturated heterocycles. The Morgan fingerprint density at radius 1 is 1.18 bits per heavy atom. The second-order valence-electron chi connectivity index (χ2n) is 4.99. The van der Waals surface area contributed by atoms with E-state index in [9.17, 15) is 13.2 Å². The Labute approximate surface area is 141 Å². The standard InChI is InChI=1S/C15H13Cl3F3N/c16-12-5-9(6-13(17)14(12)18)11-7-10(15(19,20)21)2-1-8(11)3-4-22/h1-2,5,7,9H,3-4,6,22H2. The highest BCUT2D eigenvalue weighted by atomic mass is 35.5. The van der Waals surface area contributed by atoms with E-state index in [2.05, 4.69) is 0 Å². The van der Waals surface area contributed by atoms with E-state index >= 15 is 0 Å². The Morgan fingerprint density at radius 2 is 1.86 bits per heavy atom. The molecule has 22 heavy (non-hydrogen) atoms. The fraction of sp³-hybridized carbons (Fsp3) is 0.333. The largest absolute Gasteiger partial charge is 0.416 e. The Hall–Kier alpha value is -0.680. The number of benzene rings is 1. The molecule has 0 spiro atoms. The van der Waals surface area contributed by atoms with Crippen LogP contribution in [0.1, 0.15) is 29.0 Å². The van der Waals surface area contributed by atoms with Crippen LogP contribution >= 0.6 is 34.8 Å². The van der Waals surface area contributed by atoms with Gasteiger partial charge < -0.3 is 5.73 Å². The first kappa shape index (κ1) is 17.7. The molecule has 0 aromatic heterocycles. The van der Waals surface area contributed by atoms with E-state index in [4.69, 9.17) is 40.5 Å². The van der Waals surface area contributed by atoms with Crippen LogP contribution in [0.4, 0.5) is 13.2 Å². The van der Waals surface area contributed by atoms with E-state index < -0.39 is 11.7 Å². The summed E-state index contributed by atoms with van der Waals surface area (Å²) in [5.74, 6) is -0.355. The van der Waals surface area contributed by atoms with Gasteiger partial charge in [0, 0.05) is 11.0 Å². The van der Waals surface area contributed by atoms with E-state index in [0.717, 1.165) is 17.7 Å². The number of allylic oxidation sites excluding steroid dienone is 4. The summed E-state index contributed by atoms with van der Waals surface area (Å²) in [7, 11) is 0. The van der Waals surface area contributed by atoms with Crippen molar-refractivity contribution in [2.75, 3.05) is 6.54 Å². The maximum absolute atomic E-state index is 12.9. The third kappa shape index (κ3) is 3.80. The predicted molar refractivity (Wildman–Crippen MR) is 84.2 cm³/mol. The SMILES string of the molecule is NCCc1ccc(C(F)(F)F)cc1C1C=C(Cl)C(Cl)=C(Cl)C1. The minimum absolute atomic E-state index is 0.243. The molecule has 0 saturated carbocycles. The second kappa shape index (κ2) is 6.83. The van der Waals surface area contributed by atoms with Crippen molar-refractivity contribution in [3.05, 3.63) is 56.1 Å². The third-order valence-electron chi connectivity index (χ3n) is 3.48. The van der Waals surface area contributed by atoms with Gasteiger partial charge in [0.1, 0.15) is 0 Å². The third-order valence-corrected chi connectivity index (χ3v) is 4.76. The van der Waals surface area contributed by atoms with Crippen LogP contribution in [0.5, 0.6) is 0 Å². The molecule has 0 bridgehead atoms. The zero-order valence-corrected chi connectivity index (χ0v) is 13.6. The normalized spacial score (nSPS) is 19.4. The van der Waals surface area contributed by atoms with Gasteiger partial charge in [-0.15, -0.1) is 0 Å². The Morgan fingerprint density at radius 3 is 2.41 bits per heavy atom. The highest BCUT2D eigenvalue weighted by Gasteiger charge is 2.32. The summed E-state index contributed by atoms with van der Waals surface area (Å²) >= 11 is 18.0. The van der Waals surface area contributed by atoms with Gasteiger partial charge in [-0.1, -0.05) is 46.9 Å². The van der Waals surface area contributed by atoms with Crippen LogP contribution in [0, 0.1) is 0 Å². The molecule has 2 N–H and O–H groups in total. The molecule has 0 radical (unpaired) electrons. The van der Waals surface area contributed by atoms with Gasteiger partial charge in [-0.2, -0.15) is 13.2 Å². The molecule has 7 heteroatoms. The lowest BCUT2D eigenvalue weighted by Gasteiger charge is -2.23. The van der Waals surface area contributed by atoms with Gasteiger partial charge in [-0.25, -0.2) is 0 Å². The van der Waals surface area contributed by atoms with E-state index in [1.807, 2.05) is 0 Å². The smallest absolute Gasteiger partial charge is 0.330 e. The lowest BCUT2D eigenvalue weighted by Crippen LogP contribution is -2.12. The fourth-order valence-corrected chi connectivity index (χ4v) is 3.14. The Bertz CT molecular complexity index is 635. The lowest BCUT2D eigenvalue weighted by atomic mass is 9.86.